The van der Waals surface area contributed by atoms with Gasteiger partial charge in [0, 0.05) is 5.39 Å². The number of esters is 1. The van der Waals surface area contributed by atoms with Crippen LogP contribution in [0, 0.1) is 0 Å². The highest BCUT2D eigenvalue weighted by Gasteiger charge is 2.12. The molecular formula is C22H22N2O5. The lowest BCUT2D eigenvalue weighted by molar-refractivity contribution is -0.124. The highest BCUT2D eigenvalue weighted by Crippen LogP contribution is 2.17. The van der Waals surface area contributed by atoms with Crippen LogP contribution in [0.4, 0.5) is 0 Å². The molecule has 2 aromatic carbocycles. The largest absolute Gasteiger partial charge is 0.494 e. The molecule has 150 valence electrons. The minimum Gasteiger partial charge on any atom is -0.494 e. The van der Waals surface area contributed by atoms with Crippen molar-refractivity contribution in [3.05, 3.63) is 66.4 Å². The summed E-state index contributed by atoms with van der Waals surface area (Å²) < 4.78 is 15.9. The van der Waals surface area contributed by atoms with E-state index in [1.165, 1.54) is 0 Å². The SMILES string of the molecule is CCOc1ccc(OCCNC(=O)COC(=O)c2ccc3ccccc3n2)cc1. The molecule has 0 aliphatic heterocycles. The van der Waals surface area contributed by atoms with E-state index in [1.807, 2.05) is 43.3 Å². The molecular weight excluding hydrogens is 372 g/mol. The molecule has 1 N–H and O–H groups in total. The number of para-hydroxylation sites is 1. The lowest BCUT2D eigenvalue weighted by Gasteiger charge is -2.09. The van der Waals surface area contributed by atoms with Crippen LogP contribution in [-0.4, -0.2) is 43.2 Å². The van der Waals surface area contributed by atoms with Gasteiger partial charge in [-0.3, -0.25) is 4.79 Å². The average Bonchev–Trinajstić information content (AvgIpc) is 2.76. The second-order valence-electron chi connectivity index (χ2n) is 6.07. The molecule has 0 fully saturated rings. The summed E-state index contributed by atoms with van der Waals surface area (Å²) >= 11 is 0. The first-order valence-corrected chi connectivity index (χ1v) is 9.31. The number of hydrogen-bond donors (Lipinski definition) is 1. The highest BCUT2D eigenvalue weighted by atomic mass is 16.5. The Morgan fingerprint density at radius 2 is 1.66 bits per heavy atom. The van der Waals surface area contributed by atoms with E-state index in [4.69, 9.17) is 14.2 Å². The van der Waals surface area contributed by atoms with Crippen LogP contribution in [0.25, 0.3) is 10.9 Å². The molecule has 0 unspecified atom stereocenters. The van der Waals surface area contributed by atoms with Crippen molar-refractivity contribution in [2.45, 2.75) is 6.92 Å². The minimum atomic E-state index is -0.642. The molecule has 3 rings (SSSR count). The Labute approximate surface area is 168 Å². The van der Waals surface area contributed by atoms with Gasteiger partial charge in [0.05, 0.1) is 18.7 Å². The van der Waals surface area contributed by atoms with Crippen LogP contribution >= 0.6 is 0 Å². The minimum absolute atomic E-state index is 0.162. The number of benzene rings is 2. The molecule has 0 aliphatic carbocycles. The predicted molar refractivity (Wildman–Crippen MR) is 108 cm³/mol. The number of nitrogens with one attached hydrogen (secondary N) is 1. The maximum Gasteiger partial charge on any atom is 0.357 e. The van der Waals surface area contributed by atoms with Gasteiger partial charge in [0.25, 0.3) is 5.91 Å². The Kier molecular flexibility index (Phi) is 7.00. The molecule has 1 amide bonds. The number of amides is 1. The first kappa shape index (κ1) is 20.1. The van der Waals surface area contributed by atoms with Crippen molar-refractivity contribution in [3.8, 4) is 11.5 Å². The number of carbonyl (C=O) groups excluding carboxylic acids is 2. The average molecular weight is 394 g/mol. The maximum absolute atomic E-state index is 12.1. The molecule has 0 bridgehead atoms. The standard InChI is InChI=1S/C22H22N2O5/c1-2-27-17-8-10-18(11-9-17)28-14-13-23-21(25)15-29-22(26)20-12-7-16-5-3-4-6-19(16)24-20/h3-12H,2,13-15H2,1H3,(H,23,25). The normalized spacial score (nSPS) is 10.4. The van der Waals surface area contributed by atoms with E-state index in [0.717, 1.165) is 11.1 Å². The van der Waals surface area contributed by atoms with Gasteiger partial charge in [-0.2, -0.15) is 0 Å². The van der Waals surface area contributed by atoms with Crippen molar-refractivity contribution in [1.82, 2.24) is 10.3 Å². The topological polar surface area (TPSA) is 86.8 Å². The number of hydrogen-bond acceptors (Lipinski definition) is 6. The molecule has 0 atom stereocenters. The number of carbonyl (C=O) groups is 2. The number of pyridine rings is 1. The number of rotatable bonds is 9. The van der Waals surface area contributed by atoms with Crippen LogP contribution in [0.5, 0.6) is 11.5 Å². The number of fused-ring (bicyclic) bond motifs is 1. The van der Waals surface area contributed by atoms with Crippen LogP contribution in [0.3, 0.4) is 0 Å². The monoisotopic (exact) mass is 394 g/mol. The summed E-state index contributed by atoms with van der Waals surface area (Å²) in [5.74, 6) is 0.401. The summed E-state index contributed by atoms with van der Waals surface area (Å²) in [7, 11) is 0. The van der Waals surface area contributed by atoms with Gasteiger partial charge in [-0.25, -0.2) is 9.78 Å². The number of ether oxygens (including phenoxy) is 3. The van der Waals surface area contributed by atoms with E-state index in [1.54, 1.807) is 24.3 Å². The maximum atomic E-state index is 12.1. The Hall–Kier alpha value is -3.61. The summed E-state index contributed by atoms with van der Waals surface area (Å²) in [5, 5.41) is 3.56. The zero-order valence-electron chi connectivity index (χ0n) is 16.1. The zero-order valence-corrected chi connectivity index (χ0v) is 16.1. The van der Waals surface area contributed by atoms with E-state index in [-0.39, 0.29) is 18.8 Å². The second-order valence-corrected chi connectivity index (χ2v) is 6.07. The summed E-state index contributed by atoms with van der Waals surface area (Å²) in [6.45, 7) is 2.73. The fraction of sp³-hybridized carbons (Fsp3) is 0.227. The molecule has 1 aromatic heterocycles. The summed E-state index contributed by atoms with van der Waals surface area (Å²) in [6, 6.07) is 18.0. The third kappa shape index (κ3) is 5.93. The first-order chi connectivity index (χ1) is 14.2. The van der Waals surface area contributed by atoms with E-state index in [0.29, 0.717) is 24.5 Å². The van der Waals surface area contributed by atoms with Crippen LogP contribution in [-0.2, 0) is 9.53 Å². The van der Waals surface area contributed by atoms with Crippen molar-refractivity contribution in [2.75, 3.05) is 26.4 Å². The van der Waals surface area contributed by atoms with Crippen LogP contribution in [0.2, 0.25) is 0 Å². The Morgan fingerprint density at radius 3 is 2.41 bits per heavy atom. The summed E-state index contributed by atoms with van der Waals surface area (Å²) in [5.41, 5.74) is 0.855. The molecule has 7 nitrogen and oxygen atoms in total. The zero-order chi connectivity index (χ0) is 20.5. The van der Waals surface area contributed by atoms with E-state index < -0.39 is 11.9 Å². The molecule has 3 aromatic rings. The third-order valence-electron chi connectivity index (χ3n) is 3.97. The van der Waals surface area contributed by atoms with Crippen LogP contribution in [0.1, 0.15) is 17.4 Å². The van der Waals surface area contributed by atoms with Gasteiger partial charge in [-0.15, -0.1) is 0 Å². The first-order valence-electron chi connectivity index (χ1n) is 9.31. The second kappa shape index (κ2) is 10.1. The summed E-state index contributed by atoms with van der Waals surface area (Å²) in [6.07, 6.45) is 0. The number of nitrogens with zero attached hydrogens (tertiary/aromatic N) is 1. The molecule has 29 heavy (non-hydrogen) atoms. The fourth-order valence-corrected chi connectivity index (χ4v) is 2.59. The van der Waals surface area contributed by atoms with E-state index in [2.05, 4.69) is 10.3 Å². The van der Waals surface area contributed by atoms with E-state index in [9.17, 15) is 9.59 Å². The third-order valence-corrected chi connectivity index (χ3v) is 3.97. The van der Waals surface area contributed by atoms with Gasteiger partial charge in [0.1, 0.15) is 23.8 Å². The highest BCUT2D eigenvalue weighted by molar-refractivity contribution is 5.92. The smallest absolute Gasteiger partial charge is 0.357 e. The van der Waals surface area contributed by atoms with Crippen molar-refractivity contribution < 1.29 is 23.8 Å². The molecule has 0 saturated carbocycles. The van der Waals surface area contributed by atoms with Gasteiger partial charge in [-0.1, -0.05) is 24.3 Å². The molecule has 0 radical (unpaired) electrons. The van der Waals surface area contributed by atoms with Gasteiger partial charge in [-0.05, 0) is 43.3 Å². The number of aromatic nitrogens is 1. The van der Waals surface area contributed by atoms with Gasteiger partial charge in [0.2, 0.25) is 0 Å². The van der Waals surface area contributed by atoms with Crippen LogP contribution in [0.15, 0.2) is 60.7 Å². The Morgan fingerprint density at radius 1 is 0.931 bits per heavy atom. The molecule has 0 spiro atoms. The van der Waals surface area contributed by atoms with E-state index >= 15 is 0 Å². The Bertz CT molecular complexity index is 972. The summed E-state index contributed by atoms with van der Waals surface area (Å²) in [4.78, 5) is 28.2. The van der Waals surface area contributed by atoms with Crippen LogP contribution < -0.4 is 14.8 Å². The lowest BCUT2D eigenvalue weighted by atomic mass is 10.2. The lowest BCUT2D eigenvalue weighted by Crippen LogP contribution is -2.32. The van der Waals surface area contributed by atoms with Crippen molar-refractivity contribution in [1.29, 1.82) is 0 Å². The Balaban J connectivity index is 1.37. The molecule has 0 aliphatic rings. The quantitative estimate of drug-likeness (QED) is 0.444. The van der Waals surface area contributed by atoms with Crippen molar-refractivity contribution in [3.63, 3.8) is 0 Å². The molecule has 7 heteroatoms. The van der Waals surface area contributed by atoms with Crippen molar-refractivity contribution >= 4 is 22.8 Å². The van der Waals surface area contributed by atoms with Gasteiger partial charge >= 0.3 is 5.97 Å². The van der Waals surface area contributed by atoms with Gasteiger partial charge in [0.15, 0.2) is 6.61 Å². The van der Waals surface area contributed by atoms with Gasteiger partial charge < -0.3 is 19.5 Å². The molecule has 0 saturated heterocycles. The predicted octanol–water partition coefficient (Wildman–Crippen LogP) is 2.99. The fourth-order valence-electron chi connectivity index (χ4n) is 2.59. The molecule has 1 heterocycles. The van der Waals surface area contributed by atoms with Crippen molar-refractivity contribution in [2.24, 2.45) is 0 Å².